The number of para-hydroxylation sites is 1. The fourth-order valence-corrected chi connectivity index (χ4v) is 3.61. The van der Waals surface area contributed by atoms with E-state index in [9.17, 15) is 4.79 Å². The molecule has 0 aliphatic carbocycles. The zero-order chi connectivity index (χ0) is 22.2. The highest BCUT2D eigenvalue weighted by Gasteiger charge is 2.20. The summed E-state index contributed by atoms with van der Waals surface area (Å²) in [5.74, 6) is 2.29. The maximum atomic E-state index is 12.6. The van der Waals surface area contributed by atoms with Crippen molar-refractivity contribution in [3.05, 3.63) is 59.7 Å². The topological polar surface area (TPSA) is 51.2 Å². The molecule has 1 heterocycles. The molecule has 2 aromatic carbocycles. The Morgan fingerprint density at radius 3 is 2.35 bits per heavy atom. The molecular weight excluding hydrogens is 392 g/mol. The third-order valence-electron chi connectivity index (χ3n) is 5.24. The number of carbonyl (C=O) groups is 1. The van der Waals surface area contributed by atoms with Gasteiger partial charge in [0.15, 0.2) is 11.5 Å². The number of piperazine rings is 1. The van der Waals surface area contributed by atoms with E-state index in [1.54, 1.807) is 20.3 Å². The lowest BCUT2D eigenvalue weighted by molar-refractivity contribution is -0.127. The minimum atomic E-state index is 0.0263. The van der Waals surface area contributed by atoms with E-state index in [0.29, 0.717) is 24.6 Å². The predicted molar refractivity (Wildman–Crippen MR) is 123 cm³/mol. The molecule has 0 saturated carbocycles. The molecule has 1 aliphatic heterocycles. The molecule has 6 heteroatoms. The molecule has 3 rings (SSSR count). The highest BCUT2D eigenvalue weighted by atomic mass is 16.5. The molecule has 6 nitrogen and oxygen atoms in total. The van der Waals surface area contributed by atoms with Crippen molar-refractivity contribution >= 4 is 12.0 Å². The second-order valence-electron chi connectivity index (χ2n) is 7.82. The minimum Gasteiger partial charge on any atom is -0.496 e. The molecule has 0 unspecified atom stereocenters. The normalized spacial score (nSPS) is 14.8. The molecule has 1 fully saturated rings. The highest BCUT2D eigenvalue weighted by molar-refractivity contribution is 5.92. The van der Waals surface area contributed by atoms with Crippen LogP contribution in [-0.2, 0) is 11.3 Å². The molecule has 31 heavy (non-hydrogen) atoms. The summed E-state index contributed by atoms with van der Waals surface area (Å²) in [6, 6.07) is 13.8. The van der Waals surface area contributed by atoms with E-state index in [2.05, 4.69) is 11.0 Å². The first-order valence-electron chi connectivity index (χ1n) is 10.7. The van der Waals surface area contributed by atoms with Crippen LogP contribution in [0, 0.1) is 0 Å². The van der Waals surface area contributed by atoms with Crippen LogP contribution in [0.5, 0.6) is 17.2 Å². The van der Waals surface area contributed by atoms with Crippen molar-refractivity contribution in [1.29, 1.82) is 0 Å². The number of rotatable bonds is 8. The maximum Gasteiger partial charge on any atom is 0.246 e. The van der Waals surface area contributed by atoms with Crippen LogP contribution < -0.4 is 14.2 Å². The third-order valence-corrected chi connectivity index (χ3v) is 5.24. The number of nitrogens with zero attached hydrogens (tertiary/aromatic N) is 2. The maximum absolute atomic E-state index is 12.6. The lowest BCUT2D eigenvalue weighted by Crippen LogP contribution is -2.47. The summed E-state index contributed by atoms with van der Waals surface area (Å²) in [7, 11) is 3.31. The van der Waals surface area contributed by atoms with Crippen molar-refractivity contribution in [3.8, 4) is 17.2 Å². The van der Waals surface area contributed by atoms with Gasteiger partial charge in [0, 0.05) is 44.4 Å². The Bertz CT molecular complexity index is 902. The van der Waals surface area contributed by atoms with Crippen molar-refractivity contribution in [2.45, 2.75) is 26.5 Å². The summed E-state index contributed by atoms with van der Waals surface area (Å²) in [5, 5.41) is 0. The van der Waals surface area contributed by atoms with Crippen LogP contribution in [0.2, 0.25) is 0 Å². The average molecular weight is 425 g/mol. The zero-order valence-corrected chi connectivity index (χ0v) is 18.8. The Hall–Kier alpha value is -2.99. The SMILES string of the molecule is COc1ccccc1CN1CCN(C(=O)/C=C/c2ccc(OC(C)C)c(OC)c2)CC1. The predicted octanol–water partition coefficient (Wildman–Crippen LogP) is 3.85. The van der Waals surface area contributed by atoms with E-state index >= 15 is 0 Å². The van der Waals surface area contributed by atoms with Gasteiger partial charge in [-0.2, -0.15) is 0 Å². The van der Waals surface area contributed by atoms with Crippen LogP contribution in [0.3, 0.4) is 0 Å². The molecular formula is C25H32N2O4. The molecule has 2 aromatic rings. The number of methoxy groups -OCH3 is 2. The van der Waals surface area contributed by atoms with E-state index in [-0.39, 0.29) is 12.0 Å². The number of ether oxygens (including phenoxy) is 3. The number of benzene rings is 2. The van der Waals surface area contributed by atoms with E-state index in [1.165, 1.54) is 5.56 Å². The highest BCUT2D eigenvalue weighted by Crippen LogP contribution is 2.29. The lowest BCUT2D eigenvalue weighted by Gasteiger charge is -2.34. The molecule has 1 amide bonds. The van der Waals surface area contributed by atoms with Crippen molar-refractivity contribution in [2.24, 2.45) is 0 Å². The van der Waals surface area contributed by atoms with Gasteiger partial charge >= 0.3 is 0 Å². The molecule has 0 spiro atoms. The second-order valence-corrected chi connectivity index (χ2v) is 7.82. The smallest absolute Gasteiger partial charge is 0.246 e. The van der Waals surface area contributed by atoms with Gasteiger partial charge in [0.05, 0.1) is 20.3 Å². The second kappa shape index (κ2) is 10.9. The summed E-state index contributed by atoms with van der Waals surface area (Å²) >= 11 is 0. The fourth-order valence-electron chi connectivity index (χ4n) is 3.61. The Kier molecular flexibility index (Phi) is 7.95. The van der Waals surface area contributed by atoms with Crippen LogP contribution in [0.1, 0.15) is 25.0 Å². The molecule has 166 valence electrons. The summed E-state index contributed by atoms with van der Waals surface area (Å²) in [6.45, 7) is 7.88. The number of carbonyl (C=O) groups excluding carboxylic acids is 1. The van der Waals surface area contributed by atoms with Gasteiger partial charge in [-0.05, 0) is 43.7 Å². The van der Waals surface area contributed by atoms with Crippen LogP contribution in [0.4, 0.5) is 0 Å². The average Bonchev–Trinajstić information content (AvgIpc) is 2.78. The van der Waals surface area contributed by atoms with Gasteiger partial charge in [0.1, 0.15) is 5.75 Å². The Balaban J connectivity index is 1.54. The first kappa shape index (κ1) is 22.7. The Morgan fingerprint density at radius 2 is 1.68 bits per heavy atom. The van der Waals surface area contributed by atoms with E-state index in [4.69, 9.17) is 14.2 Å². The first-order chi connectivity index (χ1) is 15.0. The molecule has 1 saturated heterocycles. The monoisotopic (exact) mass is 424 g/mol. The van der Waals surface area contributed by atoms with Gasteiger partial charge in [0.2, 0.25) is 5.91 Å². The molecule has 0 N–H and O–H groups in total. The number of amides is 1. The van der Waals surface area contributed by atoms with Crippen LogP contribution >= 0.6 is 0 Å². The van der Waals surface area contributed by atoms with Gasteiger partial charge in [-0.1, -0.05) is 24.3 Å². The van der Waals surface area contributed by atoms with Crippen LogP contribution in [-0.4, -0.2) is 62.2 Å². The molecule has 0 bridgehead atoms. The summed E-state index contributed by atoms with van der Waals surface area (Å²) in [5.41, 5.74) is 2.07. The number of hydrogen-bond donors (Lipinski definition) is 0. The zero-order valence-electron chi connectivity index (χ0n) is 18.8. The Labute approximate surface area is 185 Å². The number of hydrogen-bond acceptors (Lipinski definition) is 5. The van der Waals surface area contributed by atoms with E-state index in [1.807, 2.05) is 61.2 Å². The van der Waals surface area contributed by atoms with Gasteiger partial charge in [-0.25, -0.2) is 0 Å². The standard InChI is InChI=1S/C25H32N2O4/c1-19(2)31-23-11-9-20(17-24(23)30-4)10-12-25(28)27-15-13-26(14-16-27)18-21-7-5-6-8-22(21)29-3/h5-12,17,19H,13-16,18H2,1-4H3/b12-10+. The Morgan fingerprint density at radius 1 is 0.968 bits per heavy atom. The van der Waals surface area contributed by atoms with Gasteiger partial charge < -0.3 is 19.1 Å². The lowest BCUT2D eigenvalue weighted by atomic mass is 10.1. The third kappa shape index (κ3) is 6.25. The summed E-state index contributed by atoms with van der Waals surface area (Å²) in [4.78, 5) is 16.9. The van der Waals surface area contributed by atoms with Crippen molar-refractivity contribution in [2.75, 3.05) is 40.4 Å². The van der Waals surface area contributed by atoms with Crippen molar-refractivity contribution < 1.29 is 19.0 Å². The van der Waals surface area contributed by atoms with Crippen molar-refractivity contribution in [1.82, 2.24) is 9.80 Å². The van der Waals surface area contributed by atoms with Gasteiger partial charge in [0.25, 0.3) is 0 Å². The molecule has 0 atom stereocenters. The summed E-state index contributed by atoms with van der Waals surface area (Å²) < 4.78 is 16.6. The van der Waals surface area contributed by atoms with Crippen LogP contribution in [0.15, 0.2) is 48.5 Å². The van der Waals surface area contributed by atoms with E-state index in [0.717, 1.165) is 30.9 Å². The molecule has 1 aliphatic rings. The van der Waals surface area contributed by atoms with Crippen LogP contribution in [0.25, 0.3) is 6.08 Å². The largest absolute Gasteiger partial charge is 0.496 e. The first-order valence-corrected chi connectivity index (χ1v) is 10.7. The summed E-state index contributed by atoms with van der Waals surface area (Å²) in [6.07, 6.45) is 3.53. The molecule has 0 radical (unpaired) electrons. The van der Waals surface area contributed by atoms with E-state index < -0.39 is 0 Å². The minimum absolute atomic E-state index is 0.0263. The fraction of sp³-hybridized carbons (Fsp3) is 0.400. The quantitative estimate of drug-likeness (QED) is 0.603. The van der Waals surface area contributed by atoms with Gasteiger partial charge in [-0.3, -0.25) is 9.69 Å². The van der Waals surface area contributed by atoms with Gasteiger partial charge in [-0.15, -0.1) is 0 Å². The van der Waals surface area contributed by atoms with Crippen molar-refractivity contribution in [3.63, 3.8) is 0 Å². The molecule has 0 aromatic heterocycles.